The topological polar surface area (TPSA) is 59.0 Å². The molecule has 1 amide bonds. The van der Waals surface area contributed by atoms with Crippen LogP contribution in [-0.2, 0) is 0 Å². The molecule has 9 heteroatoms. The number of anilines is 1. The van der Waals surface area contributed by atoms with E-state index in [0.717, 1.165) is 9.15 Å². The van der Waals surface area contributed by atoms with Gasteiger partial charge >= 0.3 is 6.18 Å². The number of hydrogen-bond donors (Lipinski definition) is 2. The molecule has 27 heavy (non-hydrogen) atoms. The molecule has 0 bridgehead atoms. The van der Waals surface area contributed by atoms with E-state index in [1.165, 1.54) is 6.20 Å². The van der Waals surface area contributed by atoms with Crippen LogP contribution in [-0.4, -0.2) is 27.4 Å². The van der Waals surface area contributed by atoms with Crippen LogP contribution < -0.4 is 10.6 Å². The Hall–Kier alpha value is -2.03. The van der Waals surface area contributed by atoms with E-state index in [4.69, 9.17) is 0 Å². The first-order valence-electron chi connectivity index (χ1n) is 8.44. The third kappa shape index (κ3) is 4.28. The quantitative estimate of drug-likeness (QED) is 0.696. The first-order chi connectivity index (χ1) is 12.5. The molecule has 0 spiro atoms. The lowest BCUT2D eigenvalue weighted by Crippen LogP contribution is -2.41. The van der Waals surface area contributed by atoms with Gasteiger partial charge in [0, 0.05) is 16.4 Å². The number of rotatable bonds is 2. The van der Waals surface area contributed by atoms with Gasteiger partial charge in [-0.25, -0.2) is 4.68 Å². The van der Waals surface area contributed by atoms with Crippen LogP contribution in [0.5, 0.6) is 0 Å². The van der Waals surface area contributed by atoms with Gasteiger partial charge in [0.2, 0.25) is 0 Å². The van der Waals surface area contributed by atoms with E-state index in [1.54, 1.807) is 45.0 Å². The number of halogens is 4. The average Bonchev–Trinajstić information content (AvgIpc) is 2.96. The van der Waals surface area contributed by atoms with Gasteiger partial charge in [-0.2, -0.15) is 18.3 Å². The highest BCUT2D eigenvalue weighted by atomic mass is 79.9. The number of nitrogens with zero attached hydrogens (tertiary/aromatic N) is 2. The van der Waals surface area contributed by atoms with Gasteiger partial charge in [-0.05, 0) is 38.5 Å². The summed E-state index contributed by atoms with van der Waals surface area (Å²) in [4.78, 5) is 12.5. The minimum atomic E-state index is -4.48. The van der Waals surface area contributed by atoms with Gasteiger partial charge in [0.1, 0.15) is 11.4 Å². The van der Waals surface area contributed by atoms with E-state index < -0.39 is 29.7 Å². The normalized spacial score (nSPS) is 20.0. The number of fused-ring (bicyclic) bond motifs is 1. The molecule has 0 unspecified atom stereocenters. The van der Waals surface area contributed by atoms with Gasteiger partial charge < -0.3 is 10.6 Å². The van der Waals surface area contributed by atoms with Gasteiger partial charge in [-0.15, -0.1) is 0 Å². The molecular weight excluding hydrogens is 425 g/mol. The van der Waals surface area contributed by atoms with E-state index in [2.05, 4.69) is 31.7 Å². The number of carbonyl (C=O) groups is 1. The molecule has 1 aromatic carbocycles. The second-order valence-electron chi connectivity index (χ2n) is 7.60. The van der Waals surface area contributed by atoms with Gasteiger partial charge in [0.15, 0.2) is 6.04 Å². The third-order valence-electron chi connectivity index (χ3n) is 4.24. The van der Waals surface area contributed by atoms with Gasteiger partial charge in [-0.3, -0.25) is 4.79 Å². The molecule has 1 aliphatic rings. The first kappa shape index (κ1) is 19.7. The van der Waals surface area contributed by atoms with Crippen molar-refractivity contribution in [2.75, 3.05) is 5.32 Å². The fourth-order valence-corrected chi connectivity index (χ4v) is 3.31. The highest BCUT2D eigenvalue weighted by Gasteiger charge is 2.47. The third-order valence-corrected chi connectivity index (χ3v) is 4.77. The summed E-state index contributed by atoms with van der Waals surface area (Å²) >= 11 is 3.32. The van der Waals surface area contributed by atoms with Gasteiger partial charge in [-0.1, -0.05) is 28.1 Å². The van der Waals surface area contributed by atoms with Gasteiger partial charge in [0.25, 0.3) is 5.91 Å². The number of aromatic nitrogens is 2. The highest BCUT2D eigenvalue weighted by molar-refractivity contribution is 9.10. The molecule has 0 aliphatic carbocycles. The molecule has 1 aliphatic heterocycles. The Kier molecular flexibility index (Phi) is 5.00. The number of nitrogens with one attached hydrogen (secondary N) is 2. The highest BCUT2D eigenvalue weighted by Crippen LogP contribution is 2.44. The molecule has 0 radical (unpaired) electrons. The fraction of sp³-hybridized carbons (Fsp3) is 0.444. The van der Waals surface area contributed by atoms with E-state index in [1.807, 2.05) is 0 Å². The van der Waals surface area contributed by atoms with Gasteiger partial charge in [0.05, 0.1) is 12.2 Å². The number of hydrogen-bond acceptors (Lipinski definition) is 3. The summed E-state index contributed by atoms with van der Waals surface area (Å²) in [6, 6.07) is 4.68. The maximum Gasteiger partial charge on any atom is 0.410 e. The molecule has 0 fully saturated rings. The van der Waals surface area contributed by atoms with E-state index in [-0.39, 0.29) is 17.8 Å². The molecule has 5 nitrogen and oxygen atoms in total. The van der Waals surface area contributed by atoms with Crippen LogP contribution in [0.3, 0.4) is 0 Å². The maximum atomic E-state index is 13.7. The van der Waals surface area contributed by atoms with E-state index in [0.29, 0.717) is 5.56 Å². The lowest BCUT2D eigenvalue weighted by molar-refractivity contribution is -0.173. The number of benzene rings is 1. The summed E-state index contributed by atoms with van der Waals surface area (Å²) < 4.78 is 42.7. The summed E-state index contributed by atoms with van der Waals surface area (Å²) in [6.45, 7) is 5.41. The Morgan fingerprint density at radius 1 is 1.26 bits per heavy atom. The number of carbonyl (C=O) groups excluding carboxylic acids is 1. The largest absolute Gasteiger partial charge is 0.410 e. The van der Waals surface area contributed by atoms with Crippen LogP contribution in [0.4, 0.5) is 19.0 Å². The van der Waals surface area contributed by atoms with Crippen LogP contribution >= 0.6 is 15.9 Å². The molecule has 2 aromatic rings. The summed E-state index contributed by atoms with van der Waals surface area (Å²) in [7, 11) is 0. The molecule has 0 saturated heterocycles. The molecule has 2 atom stereocenters. The lowest BCUT2D eigenvalue weighted by atomic mass is 9.96. The van der Waals surface area contributed by atoms with Crippen molar-refractivity contribution in [1.82, 2.24) is 15.1 Å². The zero-order valence-corrected chi connectivity index (χ0v) is 16.6. The second-order valence-corrected chi connectivity index (χ2v) is 8.51. The summed E-state index contributed by atoms with van der Waals surface area (Å²) in [5.41, 5.74) is 0.290. The Balaban J connectivity index is 2.01. The predicted octanol–water partition coefficient (Wildman–Crippen LogP) is 4.83. The van der Waals surface area contributed by atoms with Crippen LogP contribution in [0, 0.1) is 0 Å². The van der Waals surface area contributed by atoms with Crippen LogP contribution in [0.1, 0.15) is 55.2 Å². The Labute approximate surface area is 163 Å². The number of alkyl halides is 3. The van der Waals surface area contributed by atoms with Crippen molar-refractivity contribution in [3.63, 3.8) is 0 Å². The Morgan fingerprint density at radius 2 is 1.89 bits per heavy atom. The van der Waals surface area contributed by atoms with Crippen molar-refractivity contribution >= 4 is 27.7 Å². The molecular formula is C18H20BrF3N4O. The molecule has 2 N–H and O–H groups in total. The van der Waals surface area contributed by atoms with Crippen molar-refractivity contribution in [3.8, 4) is 0 Å². The zero-order valence-electron chi connectivity index (χ0n) is 15.1. The predicted molar refractivity (Wildman–Crippen MR) is 99.7 cm³/mol. The summed E-state index contributed by atoms with van der Waals surface area (Å²) in [5.74, 6) is -0.383. The lowest BCUT2D eigenvalue weighted by Gasteiger charge is -2.34. The van der Waals surface area contributed by atoms with Crippen molar-refractivity contribution in [1.29, 1.82) is 0 Å². The van der Waals surface area contributed by atoms with Crippen molar-refractivity contribution in [2.24, 2.45) is 0 Å². The minimum Gasteiger partial charge on any atom is -0.363 e. The molecule has 1 aromatic heterocycles. The van der Waals surface area contributed by atoms with Crippen molar-refractivity contribution in [2.45, 2.75) is 51.0 Å². The Morgan fingerprint density at radius 3 is 2.44 bits per heavy atom. The van der Waals surface area contributed by atoms with Crippen molar-refractivity contribution < 1.29 is 18.0 Å². The molecule has 146 valence electrons. The average molecular weight is 445 g/mol. The smallest absolute Gasteiger partial charge is 0.363 e. The standard InChI is InChI=1S/C18H20BrF3N4O/c1-17(2,3)25-16(27)12-9-23-26-14(18(20,21)22)8-13(24-15(12)26)10-4-6-11(19)7-5-10/h4-7,9,13-14,24H,8H2,1-3H3,(H,25,27)/t13-,14-/m1/s1. The summed E-state index contributed by atoms with van der Waals surface area (Å²) in [5, 5.41) is 9.71. The maximum absolute atomic E-state index is 13.7. The molecule has 0 saturated carbocycles. The number of amides is 1. The van der Waals surface area contributed by atoms with Crippen LogP contribution in [0.2, 0.25) is 0 Å². The molecule has 2 heterocycles. The minimum absolute atomic E-state index is 0.0817. The summed E-state index contributed by atoms with van der Waals surface area (Å²) in [6.07, 6.45) is -3.50. The SMILES string of the molecule is CC(C)(C)NC(=O)c1cnn2c1N[C@@H](c1ccc(Br)cc1)C[C@@H]2C(F)(F)F. The first-order valence-corrected chi connectivity index (χ1v) is 9.24. The fourth-order valence-electron chi connectivity index (χ4n) is 3.05. The van der Waals surface area contributed by atoms with E-state index in [9.17, 15) is 18.0 Å². The van der Waals surface area contributed by atoms with Crippen LogP contribution in [0.25, 0.3) is 0 Å². The van der Waals surface area contributed by atoms with Crippen molar-refractivity contribution in [3.05, 3.63) is 46.1 Å². The second kappa shape index (κ2) is 6.85. The zero-order chi connectivity index (χ0) is 20.0. The monoisotopic (exact) mass is 444 g/mol. The van der Waals surface area contributed by atoms with E-state index >= 15 is 0 Å². The Bertz CT molecular complexity index is 840. The molecule has 3 rings (SSSR count). The van der Waals surface area contributed by atoms with Crippen LogP contribution in [0.15, 0.2) is 34.9 Å².